The first-order valence-corrected chi connectivity index (χ1v) is 9.74. The van der Waals surface area contributed by atoms with E-state index >= 15 is 0 Å². The lowest BCUT2D eigenvalue weighted by molar-refractivity contribution is -0.123. The summed E-state index contributed by atoms with van der Waals surface area (Å²) in [7, 11) is 3.09. The maximum atomic E-state index is 13.1. The summed E-state index contributed by atoms with van der Waals surface area (Å²) < 4.78 is 10.6. The Morgan fingerprint density at radius 1 is 0.828 bits per heavy atom. The van der Waals surface area contributed by atoms with Gasteiger partial charge in [0.05, 0.1) is 32.4 Å². The monoisotopic (exact) mass is 395 g/mol. The van der Waals surface area contributed by atoms with E-state index < -0.39 is 6.04 Å². The van der Waals surface area contributed by atoms with Crippen molar-refractivity contribution in [1.29, 1.82) is 0 Å². The number of rotatable bonds is 5. The number of piperazine rings is 1. The molecule has 7 heteroatoms. The molecule has 0 aromatic heterocycles. The molecule has 0 unspecified atom stereocenters. The molecule has 2 saturated heterocycles. The maximum Gasteiger partial charge on any atom is 0.251 e. The minimum absolute atomic E-state index is 0.182. The summed E-state index contributed by atoms with van der Waals surface area (Å²) in [6.07, 6.45) is 0.198. The Balaban J connectivity index is 1.48. The Kier molecular flexibility index (Phi) is 5.40. The van der Waals surface area contributed by atoms with Crippen LogP contribution in [0.15, 0.2) is 48.5 Å². The third-order valence-electron chi connectivity index (χ3n) is 5.59. The molecule has 1 atom stereocenters. The zero-order valence-corrected chi connectivity index (χ0v) is 16.7. The standard InChI is InChI=1S/C22H25N3O4/c1-28-18-12-17(13-19(14-18)29-2)25-21(26)15-20(22(25)27)24-10-8-23(9-11-24)16-6-4-3-5-7-16/h3-7,12-14,20H,8-11,15H2,1-2H3/t20-/m0/s1. The van der Waals surface area contributed by atoms with Crippen molar-refractivity contribution in [3.63, 3.8) is 0 Å². The van der Waals surface area contributed by atoms with Gasteiger partial charge < -0.3 is 14.4 Å². The quantitative estimate of drug-likeness (QED) is 0.723. The van der Waals surface area contributed by atoms with Crippen molar-refractivity contribution in [2.45, 2.75) is 12.5 Å². The van der Waals surface area contributed by atoms with Crippen LogP contribution in [0, 0.1) is 0 Å². The molecular weight excluding hydrogens is 370 g/mol. The van der Waals surface area contributed by atoms with Gasteiger partial charge in [0.25, 0.3) is 5.91 Å². The molecule has 2 aliphatic heterocycles. The predicted octanol–water partition coefficient (Wildman–Crippen LogP) is 2.16. The van der Waals surface area contributed by atoms with E-state index in [-0.39, 0.29) is 18.2 Å². The van der Waals surface area contributed by atoms with Gasteiger partial charge in [-0.3, -0.25) is 14.5 Å². The lowest BCUT2D eigenvalue weighted by Crippen LogP contribution is -2.52. The largest absolute Gasteiger partial charge is 0.497 e. The van der Waals surface area contributed by atoms with Crippen LogP contribution in [0.1, 0.15) is 6.42 Å². The van der Waals surface area contributed by atoms with Crippen LogP contribution in [0.4, 0.5) is 11.4 Å². The van der Waals surface area contributed by atoms with Crippen molar-refractivity contribution in [3.05, 3.63) is 48.5 Å². The number of benzene rings is 2. The second kappa shape index (κ2) is 8.13. The van der Waals surface area contributed by atoms with Crippen molar-refractivity contribution in [1.82, 2.24) is 4.90 Å². The number of imide groups is 1. The fourth-order valence-corrected chi connectivity index (χ4v) is 4.02. The number of ether oxygens (including phenoxy) is 2. The van der Waals surface area contributed by atoms with E-state index in [4.69, 9.17) is 9.47 Å². The Bertz CT molecular complexity index is 872. The first-order valence-electron chi connectivity index (χ1n) is 9.74. The molecular formula is C22H25N3O4. The molecule has 152 valence electrons. The van der Waals surface area contributed by atoms with Crippen molar-refractivity contribution in [3.8, 4) is 11.5 Å². The first kappa shape index (κ1) is 19.3. The number of carbonyl (C=O) groups excluding carboxylic acids is 2. The summed E-state index contributed by atoms with van der Waals surface area (Å²) >= 11 is 0. The van der Waals surface area contributed by atoms with Crippen molar-refractivity contribution >= 4 is 23.2 Å². The minimum Gasteiger partial charge on any atom is -0.497 e. The molecule has 2 aromatic rings. The topological polar surface area (TPSA) is 62.3 Å². The van der Waals surface area contributed by atoms with Crippen molar-refractivity contribution in [2.24, 2.45) is 0 Å². The van der Waals surface area contributed by atoms with Crippen LogP contribution in [0.2, 0.25) is 0 Å². The molecule has 0 aliphatic carbocycles. The number of nitrogens with zero attached hydrogens (tertiary/aromatic N) is 3. The molecule has 2 heterocycles. The lowest BCUT2D eigenvalue weighted by Gasteiger charge is -2.38. The highest BCUT2D eigenvalue weighted by Crippen LogP contribution is 2.33. The van der Waals surface area contributed by atoms with Gasteiger partial charge in [-0.2, -0.15) is 0 Å². The van der Waals surface area contributed by atoms with Gasteiger partial charge in [0.1, 0.15) is 11.5 Å². The summed E-state index contributed by atoms with van der Waals surface area (Å²) in [5, 5.41) is 0. The number of anilines is 2. The smallest absolute Gasteiger partial charge is 0.251 e. The zero-order chi connectivity index (χ0) is 20.4. The van der Waals surface area contributed by atoms with Crippen LogP contribution in [-0.2, 0) is 9.59 Å². The van der Waals surface area contributed by atoms with Crippen LogP contribution in [-0.4, -0.2) is 63.2 Å². The number of hydrogen-bond donors (Lipinski definition) is 0. The Morgan fingerprint density at radius 3 is 2.03 bits per heavy atom. The Labute approximate surface area is 170 Å². The zero-order valence-electron chi connectivity index (χ0n) is 16.7. The molecule has 0 radical (unpaired) electrons. The molecule has 2 fully saturated rings. The Morgan fingerprint density at radius 2 is 1.45 bits per heavy atom. The average molecular weight is 395 g/mol. The van der Waals surface area contributed by atoms with Crippen LogP contribution in [0.25, 0.3) is 0 Å². The molecule has 4 rings (SSSR count). The van der Waals surface area contributed by atoms with E-state index in [1.807, 2.05) is 18.2 Å². The number of para-hydroxylation sites is 1. The molecule has 0 saturated carbocycles. The highest BCUT2D eigenvalue weighted by atomic mass is 16.5. The maximum absolute atomic E-state index is 13.1. The molecule has 2 aliphatic rings. The second-order valence-corrected chi connectivity index (χ2v) is 7.22. The molecule has 0 bridgehead atoms. The van der Waals surface area contributed by atoms with E-state index in [0.717, 1.165) is 26.2 Å². The van der Waals surface area contributed by atoms with Crippen molar-refractivity contribution in [2.75, 3.05) is 50.2 Å². The fourth-order valence-electron chi connectivity index (χ4n) is 4.02. The van der Waals surface area contributed by atoms with Crippen LogP contribution in [0.5, 0.6) is 11.5 Å². The van der Waals surface area contributed by atoms with Gasteiger partial charge in [-0.15, -0.1) is 0 Å². The van der Waals surface area contributed by atoms with E-state index in [9.17, 15) is 9.59 Å². The predicted molar refractivity (Wildman–Crippen MR) is 111 cm³/mol. The summed E-state index contributed by atoms with van der Waals surface area (Å²) in [5.74, 6) is 0.707. The van der Waals surface area contributed by atoms with Crippen LogP contribution < -0.4 is 19.3 Å². The third kappa shape index (κ3) is 3.78. The van der Waals surface area contributed by atoms with Gasteiger partial charge in [0.2, 0.25) is 5.91 Å². The summed E-state index contributed by atoms with van der Waals surface area (Å²) in [6.45, 7) is 3.14. The van der Waals surface area contributed by atoms with Gasteiger partial charge in [-0.1, -0.05) is 18.2 Å². The molecule has 2 amide bonds. The van der Waals surface area contributed by atoms with Gasteiger partial charge in [-0.25, -0.2) is 4.90 Å². The fraction of sp³-hybridized carbons (Fsp3) is 0.364. The lowest BCUT2D eigenvalue weighted by atomic mass is 10.1. The number of hydrogen-bond acceptors (Lipinski definition) is 6. The van der Waals surface area contributed by atoms with E-state index in [2.05, 4.69) is 21.9 Å². The molecule has 0 N–H and O–H groups in total. The average Bonchev–Trinajstić information content (AvgIpc) is 3.08. The van der Waals surface area contributed by atoms with E-state index in [1.165, 1.54) is 10.6 Å². The SMILES string of the molecule is COc1cc(OC)cc(N2C(=O)C[C@H](N3CCN(c4ccccc4)CC3)C2=O)c1. The van der Waals surface area contributed by atoms with Crippen LogP contribution >= 0.6 is 0 Å². The highest BCUT2D eigenvalue weighted by Gasteiger charge is 2.43. The highest BCUT2D eigenvalue weighted by molar-refractivity contribution is 6.22. The molecule has 7 nitrogen and oxygen atoms in total. The summed E-state index contributed by atoms with van der Waals surface area (Å²) in [5.41, 5.74) is 1.67. The number of methoxy groups -OCH3 is 2. The Hall–Kier alpha value is -3.06. The van der Waals surface area contributed by atoms with Gasteiger partial charge in [-0.05, 0) is 12.1 Å². The minimum atomic E-state index is -0.419. The second-order valence-electron chi connectivity index (χ2n) is 7.22. The summed E-state index contributed by atoms with van der Waals surface area (Å²) in [6, 6.07) is 14.9. The van der Waals surface area contributed by atoms with Crippen LogP contribution in [0.3, 0.4) is 0 Å². The van der Waals surface area contributed by atoms with E-state index in [1.54, 1.807) is 32.4 Å². The number of amides is 2. The van der Waals surface area contributed by atoms with Gasteiger partial charge >= 0.3 is 0 Å². The number of carbonyl (C=O) groups is 2. The normalized spacial score (nSPS) is 20.3. The molecule has 2 aromatic carbocycles. The summed E-state index contributed by atoms with van der Waals surface area (Å²) in [4.78, 5) is 31.5. The third-order valence-corrected chi connectivity index (χ3v) is 5.59. The van der Waals surface area contributed by atoms with E-state index in [0.29, 0.717) is 17.2 Å². The molecule has 0 spiro atoms. The van der Waals surface area contributed by atoms with Crippen molar-refractivity contribution < 1.29 is 19.1 Å². The van der Waals surface area contributed by atoms with Gasteiger partial charge in [0, 0.05) is 50.1 Å². The molecule has 29 heavy (non-hydrogen) atoms. The van der Waals surface area contributed by atoms with Gasteiger partial charge in [0.15, 0.2) is 0 Å². The first-order chi connectivity index (χ1) is 14.1.